The number of nitrogens with zero attached hydrogens (tertiary/aromatic N) is 2. The highest BCUT2D eigenvalue weighted by Crippen LogP contribution is 2.32. The van der Waals surface area contributed by atoms with E-state index in [9.17, 15) is 9.18 Å². The molecule has 2 aliphatic rings. The molecule has 1 saturated carbocycles. The predicted octanol–water partition coefficient (Wildman–Crippen LogP) is 5.14. The third kappa shape index (κ3) is 4.24. The van der Waals surface area contributed by atoms with E-state index >= 15 is 0 Å². The minimum absolute atomic E-state index is 0.0391. The van der Waals surface area contributed by atoms with Crippen LogP contribution in [-0.4, -0.2) is 33.9 Å². The van der Waals surface area contributed by atoms with Crippen LogP contribution in [-0.2, 0) is 11.4 Å². The van der Waals surface area contributed by atoms with Gasteiger partial charge in [-0.1, -0.05) is 49.6 Å². The van der Waals surface area contributed by atoms with Crippen LogP contribution in [0, 0.1) is 5.82 Å². The van der Waals surface area contributed by atoms with Crippen molar-refractivity contribution in [3.63, 3.8) is 0 Å². The van der Waals surface area contributed by atoms with Crippen molar-refractivity contribution in [1.29, 1.82) is 0 Å². The Morgan fingerprint density at radius 3 is 2.53 bits per heavy atom. The van der Waals surface area contributed by atoms with E-state index in [1.165, 1.54) is 18.6 Å². The second-order valence-electron chi connectivity index (χ2n) is 7.79. The van der Waals surface area contributed by atoms with Gasteiger partial charge in [0.25, 0.3) is 5.91 Å². The summed E-state index contributed by atoms with van der Waals surface area (Å²) >= 11 is 5.60. The summed E-state index contributed by atoms with van der Waals surface area (Å²) in [6.07, 6.45) is 7.36. The lowest BCUT2D eigenvalue weighted by molar-refractivity contribution is -0.124. The highest BCUT2D eigenvalue weighted by atomic mass is 32.1. The molecule has 0 aromatic heterocycles. The highest BCUT2D eigenvalue weighted by Gasteiger charge is 2.40. The molecule has 2 fully saturated rings. The minimum Gasteiger partial charge on any atom is -0.488 e. The van der Waals surface area contributed by atoms with Gasteiger partial charge in [-0.2, -0.15) is 0 Å². The van der Waals surface area contributed by atoms with Crippen LogP contribution < -0.4 is 4.74 Å². The Bertz CT molecular complexity index is 967. The van der Waals surface area contributed by atoms with Gasteiger partial charge in [0.2, 0.25) is 0 Å². The van der Waals surface area contributed by atoms with Crippen molar-refractivity contribution in [2.75, 3.05) is 7.05 Å². The molecule has 0 radical (unpaired) electrons. The van der Waals surface area contributed by atoms with E-state index in [2.05, 4.69) is 0 Å². The molecule has 4 rings (SSSR count). The van der Waals surface area contributed by atoms with E-state index in [-0.39, 0.29) is 17.8 Å². The van der Waals surface area contributed by atoms with Crippen molar-refractivity contribution in [3.05, 3.63) is 71.2 Å². The number of carbonyl (C=O) groups is 1. The Balaban J connectivity index is 1.56. The van der Waals surface area contributed by atoms with Gasteiger partial charge < -0.3 is 9.64 Å². The van der Waals surface area contributed by atoms with Gasteiger partial charge >= 0.3 is 0 Å². The Labute approximate surface area is 181 Å². The first-order chi connectivity index (χ1) is 14.5. The fraction of sp³-hybridized carbons (Fsp3) is 0.333. The van der Waals surface area contributed by atoms with Crippen molar-refractivity contribution in [2.45, 2.75) is 44.8 Å². The number of thiocarbonyl (C=S) groups is 1. The quantitative estimate of drug-likeness (QED) is 0.492. The van der Waals surface area contributed by atoms with Crippen LogP contribution in [0.4, 0.5) is 4.39 Å². The van der Waals surface area contributed by atoms with Crippen molar-refractivity contribution in [3.8, 4) is 5.75 Å². The van der Waals surface area contributed by atoms with Crippen LogP contribution in [0.25, 0.3) is 6.08 Å². The molecule has 0 unspecified atom stereocenters. The van der Waals surface area contributed by atoms with Crippen LogP contribution in [0.2, 0.25) is 0 Å². The lowest BCUT2D eigenvalue weighted by Crippen LogP contribution is -2.41. The summed E-state index contributed by atoms with van der Waals surface area (Å²) in [4.78, 5) is 16.8. The number of hydrogen-bond donors (Lipinski definition) is 0. The number of carbonyl (C=O) groups excluding carboxylic acids is 1. The standard InChI is InChI=1S/C24H25FN2O2S/c1-26-21(23(28)27(24(26)30)20-8-3-2-4-9-20)15-18-7-5-6-10-22(18)29-16-17-11-13-19(25)14-12-17/h5-7,10-15,20H,2-4,8-9,16H2,1H3. The average molecular weight is 425 g/mol. The Morgan fingerprint density at radius 2 is 1.80 bits per heavy atom. The molecule has 1 amide bonds. The summed E-state index contributed by atoms with van der Waals surface area (Å²) < 4.78 is 19.1. The zero-order chi connectivity index (χ0) is 21.1. The van der Waals surface area contributed by atoms with Crippen LogP contribution in [0.1, 0.15) is 43.2 Å². The molecule has 6 heteroatoms. The summed E-state index contributed by atoms with van der Waals surface area (Å²) in [7, 11) is 1.84. The van der Waals surface area contributed by atoms with Crippen LogP contribution in [0.3, 0.4) is 0 Å². The van der Waals surface area contributed by atoms with Gasteiger partial charge in [0.05, 0.1) is 0 Å². The number of amides is 1. The SMILES string of the molecule is CN1C(=S)N(C2CCCCC2)C(=O)C1=Cc1ccccc1OCc1ccc(F)cc1. The first-order valence-electron chi connectivity index (χ1n) is 10.3. The number of rotatable bonds is 5. The summed E-state index contributed by atoms with van der Waals surface area (Å²) in [5.41, 5.74) is 2.24. The van der Waals surface area contributed by atoms with Gasteiger partial charge in [-0.05, 0) is 54.9 Å². The van der Waals surface area contributed by atoms with E-state index in [0.29, 0.717) is 23.2 Å². The van der Waals surface area contributed by atoms with Crippen molar-refractivity contribution in [2.24, 2.45) is 0 Å². The molecule has 4 nitrogen and oxygen atoms in total. The third-order valence-corrected chi connectivity index (χ3v) is 6.22. The zero-order valence-electron chi connectivity index (χ0n) is 17.0. The van der Waals surface area contributed by atoms with Crippen LogP contribution in [0.5, 0.6) is 5.75 Å². The minimum atomic E-state index is -0.273. The Hall–Kier alpha value is -2.73. The molecule has 1 heterocycles. The van der Waals surface area contributed by atoms with Gasteiger partial charge in [0.15, 0.2) is 5.11 Å². The van der Waals surface area contributed by atoms with Crippen LogP contribution >= 0.6 is 12.2 Å². The molecular formula is C24H25FN2O2S. The summed E-state index contributed by atoms with van der Waals surface area (Å²) in [6, 6.07) is 14.0. The molecule has 0 N–H and O–H groups in total. The smallest absolute Gasteiger partial charge is 0.277 e. The van der Waals surface area contributed by atoms with Crippen molar-refractivity contribution >= 4 is 29.3 Å². The van der Waals surface area contributed by atoms with E-state index in [4.69, 9.17) is 17.0 Å². The van der Waals surface area contributed by atoms with Gasteiger partial charge in [-0.25, -0.2) is 4.39 Å². The summed E-state index contributed by atoms with van der Waals surface area (Å²) in [5.74, 6) is 0.352. The maximum absolute atomic E-state index is 13.2. The molecule has 2 aromatic rings. The third-order valence-electron chi connectivity index (χ3n) is 5.75. The number of para-hydroxylation sites is 1. The second-order valence-corrected chi connectivity index (χ2v) is 8.16. The van der Waals surface area contributed by atoms with Gasteiger partial charge in [0, 0.05) is 18.7 Å². The molecule has 156 valence electrons. The largest absolute Gasteiger partial charge is 0.488 e. The van der Waals surface area contributed by atoms with Crippen molar-refractivity contribution < 1.29 is 13.9 Å². The van der Waals surface area contributed by atoms with Crippen molar-refractivity contribution in [1.82, 2.24) is 9.80 Å². The van der Waals surface area contributed by atoms with Gasteiger partial charge in [-0.3, -0.25) is 9.69 Å². The van der Waals surface area contributed by atoms with Gasteiger partial charge in [-0.15, -0.1) is 0 Å². The van der Waals surface area contributed by atoms with E-state index in [0.717, 1.165) is 36.8 Å². The lowest BCUT2D eigenvalue weighted by Gasteiger charge is -2.30. The van der Waals surface area contributed by atoms with E-state index in [1.54, 1.807) is 21.9 Å². The number of benzene rings is 2. The van der Waals surface area contributed by atoms with E-state index in [1.807, 2.05) is 37.4 Å². The fourth-order valence-corrected chi connectivity index (χ4v) is 4.39. The lowest BCUT2D eigenvalue weighted by atomic mass is 9.94. The highest BCUT2D eigenvalue weighted by molar-refractivity contribution is 7.80. The second kappa shape index (κ2) is 8.96. The maximum Gasteiger partial charge on any atom is 0.277 e. The zero-order valence-corrected chi connectivity index (χ0v) is 17.8. The number of ether oxygens (including phenoxy) is 1. The molecule has 1 aliphatic carbocycles. The molecule has 30 heavy (non-hydrogen) atoms. The molecular weight excluding hydrogens is 399 g/mol. The van der Waals surface area contributed by atoms with Gasteiger partial charge in [0.1, 0.15) is 23.9 Å². The molecule has 1 saturated heterocycles. The summed E-state index contributed by atoms with van der Waals surface area (Å²) in [6.45, 7) is 0.316. The maximum atomic E-state index is 13.2. The first kappa shape index (κ1) is 20.5. The number of likely N-dealkylation sites (N-methyl/N-ethyl adjacent to an activating group) is 1. The molecule has 0 spiro atoms. The predicted molar refractivity (Wildman–Crippen MR) is 119 cm³/mol. The molecule has 0 bridgehead atoms. The fourth-order valence-electron chi connectivity index (χ4n) is 4.06. The van der Waals surface area contributed by atoms with Crippen LogP contribution in [0.15, 0.2) is 54.2 Å². The molecule has 2 aromatic carbocycles. The number of halogens is 1. The first-order valence-corrected chi connectivity index (χ1v) is 10.7. The topological polar surface area (TPSA) is 32.8 Å². The monoisotopic (exact) mass is 424 g/mol. The van der Waals surface area contributed by atoms with E-state index < -0.39 is 0 Å². The summed E-state index contributed by atoms with van der Waals surface area (Å²) in [5, 5.41) is 0.572. The normalized spacial score (nSPS) is 19.1. The average Bonchev–Trinajstić information content (AvgIpc) is 2.98. The Morgan fingerprint density at radius 1 is 1.10 bits per heavy atom. The Kier molecular flexibility index (Phi) is 6.13. The molecule has 0 atom stereocenters. The number of hydrogen-bond acceptors (Lipinski definition) is 3. The molecule has 1 aliphatic heterocycles.